The van der Waals surface area contributed by atoms with E-state index in [0.717, 1.165) is 70.8 Å². The molecular weight excluding hydrogens is 470 g/mol. The summed E-state index contributed by atoms with van der Waals surface area (Å²) in [6.07, 6.45) is 9.83. The molecule has 212 valence electrons. The highest BCUT2D eigenvalue weighted by Gasteiger charge is 2.37. The lowest BCUT2D eigenvalue weighted by molar-refractivity contribution is -0.143. The van der Waals surface area contributed by atoms with Crippen molar-refractivity contribution >= 4 is 5.97 Å². The van der Waals surface area contributed by atoms with Gasteiger partial charge >= 0.3 is 5.97 Å². The van der Waals surface area contributed by atoms with Crippen molar-refractivity contribution in [2.75, 3.05) is 19.7 Å². The third-order valence-electron chi connectivity index (χ3n) is 8.92. The Labute approximate surface area is 223 Å². The second kappa shape index (κ2) is 14.3. The van der Waals surface area contributed by atoms with Crippen LogP contribution in [0.1, 0.15) is 97.3 Å². The Hall–Kier alpha value is -1.21. The summed E-state index contributed by atoms with van der Waals surface area (Å²) in [6, 6.07) is 0.879. The molecule has 8 heteroatoms. The minimum atomic E-state index is -1.34. The van der Waals surface area contributed by atoms with Gasteiger partial charge in [0.2, 0.25) is 0 Å². The van der Waals surface area contributed by atoms with Gasteiger partial charge in [-0.2, -0.15) is 0 Å². The van der Waals surface area contributed by atoms with E-state index < -0.39 is 11.6 Å². The summed E-state index contributed by atoms with van der Waals surface area (Å²) in [5.41, 5.74) is -1.52. The van der Waals surface area contributed by atoms with Gasteiger partial charge in [-0.25, -0.2) is 0 Å². The molecule has 0 aromatic heterocycles. The van der Waals surface area contributed by atoms with E-state index in [1.165, 1.54) is 0 Å². The number of hydrogen-bond donors (Lipinski definition) is 7. The number of aliphatic hydroxyl groups excluding tert-OH is 2. The molecule has 2 bridgehead atoms. The quantitative estimate of drug-likeness (QED) is 0.191. The van der Waals surface area contributed by atoms with Crippen molar-refractivity contribution < 1.29 is 25.2 Å². The molecule has 3 aliphatic heterocycles. The van der Waals surface area contributed by atoms with E-state index in [1.54, 1.807) is 0 Å². The van der Waals surface area contributed by atoms with Gasteiger partial charge < -0.3 is 36.4 Å². The predicted octanol–water partition coefficient (Wildman–Crippen LogP) is 2.16. The number of aliphatic carboxylic acids is 1. The zero-order valence-electron chi connectivity index (χ0n) is 23.0. The monoisotopic (exact) mass is 521 g/mol. The van der Waals surface area contributed by atoms with Crippen LogP contribution in [0.4, 0.5) is 0 Å². The lowest BCUT2D eigenvalue weighted by atomic mass is 9.81. The van der Waals surface area contributed by atoms with Gasteiger partial charge in [-0.15, -0.1) is 5.92 Å². The minimum Gasteiger partial charge on any atom is -0.481 e. The molecule has 0 amide bonds. The zero-order valence-corrected chi connectivity index (χ0v) is 23.0. The highest BCUT2D eigenvalue weighted by molar-refractivity contribution is 5.68. The number of aliphatic hydroxyl groups is 3. The third-order valence-corrected chi connectivity index (χ3v) is 8.92. The normalized spacial score (nSPS) is 39.7. The fraction of sp³-hybridized carbons (Fsp3) is 0.897. The average molecular weight is 522 g/mol. The molecule has 0 aromatic rings. The van der Waals surface area contributed by atoms with E-state index in [9.17, 15) is 25.2 Å². The summed E-state index contributed by atoms with van der Waals surface area (Å²) in [6.45, 7) is 5.33. The molecule has 3 aliphatic rings. The Morgan fingerprint density at radius 1 is 1.14 bits per heavy atom. The molecule has 0 radical (unpaired) electrons. The molecule has 2 fully saturated rings. The number of unbranched alkanes of at least 4 members (excludes halogenated alkanes) is 1. The van der Waals surface area contributed by atoms with Crippen molar-refractivity contribution in [1.29, 1.82) is 0 Å². The highest BCUT2D eigenvalue weighted by Crippen LogP contribution is 2.29. The summed E-state index contributed by atoms with van der Waals surface area (Å²) in [4.78, 5) is 11.6. The number of hydrogen-bond acceptors (Lipinski definition) is 7. The highest BCUT2D eigenvalue weighted by atomic mass is 16.4. The first kappa shape index (κ1) is 30.3. The molecule has 0 saturated carbocycles. The van der Waals surface area contributed by atoms with Crippen LogP contribution in [0, 0.1) is 23.7 Å². The van der Waals surface area contributed by atoms with Gasteiger partial charge in [0.25, 0.3) is 0 Å². The molecule has 2 saturated heterocycles. The second-order valence-corrected chi connectivity index (χ2v) is 12.4. The smallest absolute Gasteiger partial charge is 0.306 e. The number of piperidine rings is 2. The van der Waals surface area contributed by atoms with Crippen molar-refractivity contribution in [3.63, 3.8) is 0 Å². The van der Waals surface area contributed by atoms with E-state index in [2.05, 4.69) is 34.7 Å². The topological polar surface area (TPSA) is 134 Å². The van der Waals surface area contributed by atoms with Crippen LogP contribution >= 0.6 is 0 Å². The molecule has 7 N–H and O–H groups in total. The molecule has 0 aromatic carbocycles. The van der Waals surface area contributed by atoms with E-state index >= 15 is 0 Å². The number of carboxylic acids is 1. The first-order valence-electron chi connectivity index (χ1n) is 14.6. The maximum Gasteiger partial charge on any atom is 0.306 e. The van der Waals surface area contributed by atoms with Gasteiger partial charge in [0.15, 0.2) is 0 Å². The zero-order chi connectivity index (χ0) is 26.9. The van der Waals surface area contributed by atoms with Gasteiger partial charge in [-0.3, -0.25) is 4.79 Å². The van der Waals surface area contributed by atoms with Crippen molar-refractivity contribution in [3.8, 4) is 11.8 Å². The van der Waals surface area contributed by atoms with Crippen LogP contribution in [0.25, 0.3) is 0 Å². The number of carbonyl (C=O) groups is 1. The Balaban J connectivity index is 1.64. The van der Waals surface area contributed by atoms with Crippen LogP contribution in [0.3, 0.4) is 0 Å². The SMILES string of the molecule is CC1NC(CCCCC2C#CCC3CC(C)(CCN3)NCC(O)(CC(=O)O)CCC(CO)C2)CCC1O. The van der Waals surface area contributed by atoms with Crippen molar-refractivity contribution in [2.45, 2.75) is 133 Å². The Morgan fingerprint density at radius 2 is 1.92 bits per heavy atom. The molecule has 8 unspecified atom stereocenters. The van der Waals surface area contributed by atoms with Crippen LogP contribution in [0.2, 0.25) is 0 Å². The largest absolute Gasteiger partial charge is 0.481 e. The number of fused-ring (bicyclic) bond motifs is 2. The number of nitrogens with one attached hydrogen (secondary N) is 3. The molecule has 0 aliphatic carbocycles. The van der Waals surface area contributed by atoms with Crippen LogP contribution in [-0.2, 0) is 4.79 Å². The van der Waals surface area contributed by atoms with Crippen molar-refractivity contribution in [3.05, 3.63) is 0 Å². The van der Waals surface area contributed by atoms with Crippen LogP contribution in [-0.4, -0.2) is 81.5 Å². The number of β-amino-alcohol motifs (C(OH)–C–C–N with tert-alkyl or cyclic N) is 1. The summed E-state index contributed by atoms with van der Waals surface area (Å²) < 4.78 is 0. The van der Waals surface area contributed by atoms with Gasteiger partial charge in [0, 0.05) is 49.2 Å². The van der Waals surface area contributed by atoms with Gasteiger partial charge in [-0.1, -0.05) is 18.8 Å². The van der Waals surface area contributed by atoms with Crippen LogP contribution in [0.15, 0.2) is 0 Å². The maximum absolute atomic E-state index is 11.6. The predicted molar refractivity (Wildman–Crippen MR) is 145 cm³/mol. The molecule has 8 nitrogen and oxygen atoms in total. The molecule has 37 heavy (non-hydrogen) atoms. The van der Waals surface area contributed by atoms with E-state index in [-0.39, 0.29) is 55.1 Å². The number of carboxylic acid groups (broad SMARTS) is 1. The Kier molecular flexibility index (Phi) is 11.7. The third kappa shape index (κ3) is 10.1. The lowest BCUT2D eigenvalue weighted by Crippen LogP contribution is -2.57. The summed E-state index contributed by atoms with van der Waals surface area (Å²) >= 11 is 0. The van der Waals surface area contributed by atoms with Gasteiger partial charge in [0.05, 0.1) is 18.1 Å². The fourth-order valence-corrected chi connectivity index (χ4v) is 6.41. The summed E-state index contributed by atoms with van der Waals surface area (Å²) in [7, 11) is 0. The Bertz CT molecular complexity index is 785. The maximum atomic E-state index is 11.6. The molecular formula is C29H51N3O5. The average Bonchev–Trinajstić information content (AvgIpc) is 2.84. The van der Waals surface area contributed by atoms with Gasteiger partial charge in [-0.05, 0) is 84.1 Å². The molecule has 8 atom stereocenters. The van der Waals surface area contributed by atoms with Crippen LogP contribution < -0.4 is 16.0 Å². The Morgan fingerprint density at radius 3 is 2.65 bits per heavy atom. The second-order valence-electron chi connectivity index (χ2n) is 12.4. The van der Waals surface area contributed by atoms with E-state index in [4.69, 9.17) is 0 Å². The minimum absolute atomic E-state index is 0.0156. The molecule has 3 heterocycles. The van der Waals surface area contributed by atoms with E-state index in [0.29, 0.717) is 18.9 Å². The lowest BCUT2D eigenvalue weighted by Gasteiger charge is -2.42. The first-order chi connectivity index (χ1) is 17.6. The van der Waals surface area contributed by atoms with Crippen molar-refractivity contribution in [2.24, 2.45) is 11.8 Å². The molecule has 0 spiro atoms. The molecule has 3 rings (SSSR count). The fourth-order valence-electron chi connectivity index (χ4n) is 6.41. The first-order valence-corrected chi connectivity index (χ1v) is 14.6. The summed E-state index contributed by atoms with van der Waals surface area (Å²) in [5.74, 6) is 6.16. The number of rotatable bonds is 8. The van der Waals surface area contributed by atoms with Crippen molar-refractivity contribution in [1.82, 2.24) is 16.0 Å². The van der Waals surface area contributed by atoms with Gasteiger partial charge in [0.1, 0.15) is 0 Å². The van der Waals surface area contributed by atoms with Crippen LogP contribution in [0.5, 0.6) is 0 Å². The summed E-state index contributed by atoms with van der Waals surface area (Å²) in [5, 5.41) is 51.4. The standard InChI is InChI=1S/C29H51N3O5/c1-21-26(34)11-10-24(32-21)8-4-3-6-22-7-5-9-25-17-28(2,14-15-30-25)31-20-29(37,18-27(35)36)13-12-23(16-22)19-33/h21-26,30-34,37H,3-4,6,8-20H2,1-2H3,(H,35,36). The van der Waals surface area contributed by atoms with E-state index in [1.807, 2.05) is 6.92 Å².